The molecular formula is C17H21NO. The van der Waals surface area contributed by atoms with E-state index in [1.54, 1.807) is 0 Å². The first-order chi connectivity index (χ1) is 9.28. The van der Waals surface area contributed by atoms with E-state index >= 15 is 0 Å². The van der Waals surface area contributed by atoms with Gasteiger partial charge in [-0.05, 0) is 43.2 Å². The van der Waals surface area contributed by atoms with Crippen molar-refractivity contribution in [3.63, 3.8) is 0 Å². The van der Waals surface area contributed by atoms with Gasteiger partial charge in [0, 0.05) is 12.6 Å². The third-order valence-electron chi connectivity index (χ3n) is 3.17. The van der Waals surface area contributed by atoms with E-state index in [1.165, 1.54) is 5.56 Å². The van der Waals surface area contributed by atoms with Gasteiger partial charge < -0.3 is 10.1 Å². The van der Waals surface area contributed by atoms with Crippen LogP contribution in [-0.4, -0.2) is 6.04 Å². The molecule has 2 nitrogen and oxygen atoms in total. The molecule has 0 spiro atoms. The summed E-state index contributed by atoms with van der Waals surface area (Å²) in [5.41, 5.74) is 1.28. The van der Waals surface area contributed by atoms with Crippen LogP contribution in [0.4, 0.5) is 0 Å². The van der Waals surface area contributed by atoms with E-state index < -0.39 is 0 Å². The summed E-state index contributed by atoms with van der Waals surface area (Å²) in [4.78, 5) is 0. The number of rotatable bonds is 6. The second kappa shape index (κ2) is 6.95. The van der Waals surface area contributed by atoms with E-state index in [1.807, 2.05) is 42.5 Å². The topological polar surface area (TPSA) is 21.3 Å². The fraction of sp³-hybridized carbons (Fsp3) is 0.294. The Morgan fingerprint density at radius 3 is 2.21 bits per heavy atom. The Morgan fingerprint density at radius 1 is 0.947 bits per heavy atom. The van der Waals surface area contributed by atoms with Gasteiger partial charge >= 0.3 is 0 Å². The lowest BCUT2D eigenvalue weighted by Crippen LogP contribution is -2.24. The first-order valence-electron chi connectivity index (χ1n) is 6.83. The van der Waals surface area contributed by atoms with Crippen LogP contribution in [0.3, 0.4) is 0 Å². The van der Waals surface area contributed by atoms with Gasteiger partial charge in [-0.3, -0.25) is 0 Å². The van der Waals surface area contributed by atoms with E-state index in [4.69, 9.17) is 4.74 Å². The summed E-state index contributed by atoms with van der Waals surface area (Å²) in [5.74, 6) is 1.74. The molecule has 0 heterocycles. The highest BCUT2D eigenvalue weighted by molar-refractivity contribution is 5.32. The van der Waals surface area contributed by atoms with E-state index in [9.17, 15) is 0 Å². The number of ether oxygens (including phenoxy) is 1. The van der Waals surface area contributed by atoms with Crippen molar-refractivity contribution in [2.24, 2.45) is 0 Å². The molecule has 1 atom stereocenters. The SMILES string of the molecule is CC[C@H](C)NCc1ccc(Oc2ccccc2)cc1. The highest BCUT2D eigenvalue weighted by atomic mass is 16.5. The van der Waals surface area contributed by atoms with Crippen LogP contribution in [0.1, 0.15) is 25.8 Å². The van der Waals surface area contributed by atoms with E-state index in [0.717, 1.165) is 24.5 Å². The van der Waals surface area contributed by atoms with Crippen molar-refractivity contribution in [3.8, 4) is 11.5 Å². The largest absolute Gasteiger partial charge is 0.457 e. The summed E-state index contributed by atoms with van der Waals surface area (Å²) in [5, 5.41) is 3.48. The maximum atomic E-state index is 5.76. The summed E-state index contributed by atoms with van der Waals surface area (Å²) in [6.45, 7) is 5.29. The van der Waals surface area contributed by atoms with Crippen LogP contribution in [0.2, 0.25) is 0 Å². The second-order valence-corrected chi connectivity index (χ2v) is 4.75. The molecule has 0 unspecified atom stereocenters. The summed E-state index contributed by atoms with van der Waals surface area (Å²) < 4.78 is 5.76. The fourth-order valence-corrected chi connectivity index (χ4v) is 1.74. The third kappa shape index (κ3) is 4.42. The smallest absolute Gasteiger partial charge is 0.127 e. The van der Waals surface area contributed by atoms with Crippen LogP contribution < -0.4 is 10.1 Å². The number of nitrogens with one attached hydrogen (secondary N) is 1. The molecule has 2 aromatic carbocycles. The molecule has 0 aromatic heterocycles. The molecule has 0 fully saturated rings. The third-order valence-corrected chi connectivity index (χ3v) is 3.17. The summed E-state index contributed by atoms with van der Waals surface area (Å²) in [6, 6.07) is 18.6. The molecule has 100 valence electrons. The van der Waals surface area contributed by atoms with Crippen LogP contribution >= 0.6 is 0 Å². The minimum atomic E-state index is 0.556. The molecule has 2 heteroatoms. The van der Waals surface area contributed by atoms with Gasteiger partial charge in [0.25, 0.3) is 0 Å². The van der Waals surface area contributed by atoms with Crippen molar-refractivity contribution in [2.45, 2.75) is 32.9 Å². The number of benzene rings is 2. The zero-order valence-corrected chi connectivity index (χ0v) is 11.6. The first-order valence-corrected chi connectivity index (χ1v) is 6.83. The van der Waals surface area contributed by atoms with Crippen molar-refractivity contribution < 1.29 is 4.74 Å². The molecule has 0 aliphatic rings. The Morgan fingerprint density at radius 2 is 1.58 bits per heavy atom. The van der Waals surface area contributed by atoms with Gasteiger partial charge in [0.15, 0.2) is 0 Å². The standard InChI is InChI=1S/C17H21NO/c1-3-14(2)18-13-15-9-11-17(12-10-15)19-16-7-5-4-6-8-16/h4-12,14,18H,3,13H2,1-2H3/t14-/m0/s1. The monoisotopic (exact) mass is 255 g/mol. The van der Waals surface area contributed by atoms with Gasteiger partial charge in [-0.15, -0.1) is 0 Å². The maximum absolute atomic E-state index is 5.76. The zero-order valence-electron chi connectivity index (χ0n) is 11.6. The zero-order chi connectivity index (χ0) is 13.5. The number of para-hydroxylation sites is 1. The highest BCUT2D eigenvalue weighted by Gasteiger charge is 2.00. The van der Waals surface area contributed by atoms with Crippen molar-refractivity contribution in [2.75, 3.05) is 0 Å². The Balaban J connectivity index is 1.91. The Bertz CT molecular complexity index is 478. The highest BCUT2D eigenvalue weighted by Crippen LogP contribution is 2.21. The van der Waals surface area contributed by atoms with Gasteiger partial charge in [-0.1, -0.05) is 37.3 Å². The summed E-state index contributed by atoms with van der Waals surface area (Å²) >= 11 is 0. The predicted octanol–water partition coefficient (Wildman–Crippen LogP) is 4.37. The molecule has 0 radical (unpaired) electrons. The molecule has 2 aromatic rings. The van der Waals surface area contributed by atoms with Crippen LogP contribution in [0.5, 0.6) is 11.5 Å². The molecule has 0 saturated carbocycles. The lowest BCUT2D eigenvalue weighted by Gasteiger charge is -2.11. The average molecular weight is 255 g/mol. The van der Waals surface area contributed by atoms with Gasteiger partial charge in [0.05, 0.1) is 0 Å². The lowest BCUT2D eigenvalue weighted by atomic mass is 10.2. The fourth-order valence-electron chi connectivity index (χ4n) is 1.74. The van der Waals surface area contributed by atoms with Gasteiger partial charge in [0.2, 0.25) is 0 Å². The molecule has 19 heavy (non-hydrogen) atoms. The average Bonchev–Trinajstić information content (AvgIpc) is 2.47. The normalized spacial score (nSPS) is 12.1. The van der Waals surface area contributed by atoms with Crippen molar-refractivity contribution >= 4 is 0 Å². The molecule has 2 rings (SSSR count). The summed E-state index contributed by atoms with van der Waals surface area (Å²) in [6.07, 6.45) is 1.15. The molecule has 0 bridgehead atoms. The van der Waals surface area contributed by atoms with Gasteiger partial charge in [0.1, 0.15) is 11.5 Å². The first kappa shape index (κ1) is 13.6. The minimum Gasteiger partial charge on any atom is -0.457 e. The van der Waals surface area contributed by atoms with Crippen LogP contribution in [0.15, 0.2) is 54.6 Å². The second-order valence-electron chi connectivity index (χ2n) is 4.75. The van der Waals surface area contributed by atoms with Crippen LogP contribution in [0, 0.1) is 0 Å². The number of hydrogen-bond donors (Lipinski definition) is 1. The summed E-state index contributed by atoms with van der Waals surface area (Å²) in [7, 11) is 0. The quantitative estimate of drug-likeness (QED) is 0.827. The van der Waals surface area contributed by atoms with Crippen LogP contribution in [-0.2, 0) is 6.54 Å². The Kier molecular flexibility index (Phi) is 4.99. The van der Waals surface area contributed by atoms with Crippen molar-refractivity contribution in [1.82, 2.24) is 5.32 Å². The predicted molar refractivity (Wildman–Crippen MR) is 79.6 cm³/mol. The lowest BCUT2D eigenvalue weighted by molar-refractivity contribution is 0.482. The van der Waals surface area contributed by atoms with Gasteiger partial charge in [-0.25, -0.2) is 0 Å². The molecule has 1 N–H and O–H groups in total. The Labute approximate surface area is 115 Å². The molecule has 0 aliphatic carbocycles. The molecular weight excluding hydrogens is 234 g/mol. The van der Waals surface area contributed by atoms with Crippen LogP contribution in [0.25, 0.3) is 0 Å². The molecule has 0 aliphatic heterocycles. The van der Waals surface area contributed by atoms with Gasteiger partial charge in [-0.2, -0.15) is 0 Å². The van der Waals surface area contributed by atoms with Crippen molar-refractivity contribution in [1.29, 1.82) is 0 Å². The minimum absolute atomic E-state index is 0.556. The van der Waals surface area contributed by atoms with E-state index in [-0.39, 0.29) is 0 Å². The van der Waals surface area contributed by atoms with E-state index in [2.05, 4.69) is 31.3 Å². The Hall–Kier alpha value is -1.80. The number of hydrogen-bond acceptors (Lipinski definition) is 2. The van der Waals surface area contributed by atoms with Crippen molar-refractivity contribution in [3.05, 3.63) is 60.2 Å². The maximum Gasteiger partial charge on any atom is 0.127 e. The molecule has 0 saturated heterocycles. The molecule has 0 amide bonds. The van der Waals surface area contributed by atoms with E-state index in [0.29, 0.717) is 6.04 Å².